The fourth-order valence-corrected chi connectivity index (χ4v) is 3.80. The molecule has 2 aromatic carbocycles. The van der Waals surface area contributed by atoms with Gasteiger partial charge in [-0.05, 0) is 65.8 Å². The van der Waals surface area contributed by atoms with Crippen molar-refractivity contribution in [2.24, 2.45) is 0 Å². The van der Waals surface area contributed by atoms with E-state index in [1.807, 2.05) is 41.5 Å². The Balaban J connectivity index is 2.38. The molecule has 10 heteroatoms. The lowest BCUT2D eigenvalue weighted by Gasteiger charge is -2.19. The summed E-state index contributed by atoms with van der Waals surface area (Å²) in [6.07, 6.45) is 0. The van der Waals surface area contributed by atoms with E-state index in [1.54, 1.807) is 24.3 Å². The summed E-state index contributed by atoms with van der Waals surface area (Å²) in [5.41, 5.74) is 0. The summed E-state index contributed by atoms with van der Waals surface area (Å²) in [6, 6.07) is 6.57. The third kappa shape index (κ3) is 6.93. The van der Waals surface area contributed by atoms with Gasteiger partial charge in [-0.1, -0.05) is 0 Å². The Bertz CT molecular complexity index is 860. The maximum Gasteiger partial charge on any atom is 0.778 e. The quantitative estimate of drug-likeness (QED) is 0.301. The minimum atomic E-state index is -3.09. The van der Waals surface area contributed by atoms with E-state index in [2.05, 4.69) is 0 Å². The van der Waals surface area contributed by atoms with Crippen LogP contribution in [0.2, 0.25) is 0 Å². The largest absolute Gasteiger partial charge is 0.778 e. The first-order chi connectivity index (χ1) is 16.5. The van der Waals surface area contributed by atoms with Crippen molar-refractivity contribution >= 4 is 9.17 Å². The van der Waals surface area contributed by atoms with Crippen LogP contribution in [0, 0.1) is 0 Å². The SMILES string of the molecule is CCOc1ccc(O[Si](=O)Oc2ccc(OCC)c(OCC)c2OCC)c(OCC)c1OCC. The van der Waals surface area contributed by atoms with Gasteiger partial charge in [-0.15, -0.1) is 0 Å². The number of benzene rings is 2. The van der Waals surface area contributed by atoms with Crippen LogP contribution in [0.4, 0.5) is 0 Å². The second-order valence-electron chi connectivity index (χ2n) is 6.49. The van der Waals surface area contributed by atoms with E-state index in [1.165, 1.54) is 0 Å². The minimum absolute atomic E-state index is 0.214. The molecule has 0 atom stereocenters. The second-order valence-corrected chi connectivity index (χ2v) is 7.40. The highest BCUT2D eigenvalue weighted by atomic mass is 28.3. The Hall–Kier alpha value is -3.14. The standard InChI is InChI=1S/C24H34O9Si/c1-7-26-17-13-15-19(23(30-11-5)21(17)28-9-3)32-34(25)33-20-16-14-18(27-8-2)22(29-10-4)24(20)31-12-6/h13-16H,7-12H2,1-6H3. The lowest BCUT2D eigenvalue weighted by molar-refractivity contribution is 0.247. The van der Waals surface area contributed by atoms with Gasteiger partial charge >= 0.3 is 9.17 Å². The maximum atomic E-state index is 12.9. The normalized spacial score (nSPS) is 10.3. The zero-order valence-corrected chi connectivity index (χ0v) is 21.7. The van der Waals surface area contributed by atoms with Gasteiger partial charge in [0.05, 0.1) is 39.6 Å². The molecular formula is C24H34O9Si. The smallest absolute Gasteiger partial charge is 0.490 e. The molecule has 9 nitrogen and oxygen atoms in total. The van der Waals surface area contributed by atoms with E-state index in [0.717, 1.165) is 0 Å². The predicted molar refractivity (Wildman–Crippen MR) is 128 cm³/mol. The van der Waals surface area contributed by atoms with Crippen LogP contribution in [0.15, 0.2) is 24.3 Å². The summed E-state index contributed by atoms with van der Waals surface area (Å²) in [6.45, 7) is 13.5. The number of hydrogen-bond donors (Lipinski definition) is 0. The van der Waals surface area contributed by atoms with Gasteiger partial charge in [0.25, 0.3) is 0 Å². The van der Waals surface area contributed by atoms with Crippen molar-refractivity contribution in [3.8, 4) is 46.0 Å². The van der Waals surface area contributed by atoms with E-state index in [9.17, 15) is 4.46 Å². The van der Waals surface area contributed by atoms with Gasteiger partial charge in [0.2, 0.25) is 23.0 Å². The topological polar surface area (TPSA) is 90.9 Å². The first kappa shape index (κ1) is 27.1. The number of rotatable bonds is 16. The summed E-state index contributed by atoms with van der Waals surface area (Å²) in [7, 11) is -3.09. The van der Waals surface area contributed by atoms with E-state index in [4.69, 9.17) is 37.3 Å². The molecule has 0 fully saturated rings. The van der Waals surface area contributed by atoms with Crippen LogP contribution < -0.4 is 37.3 Å². The van der Waals surface area contributed by atoms with Crippen molar-refractivity contribution in [2.75, 3.05) is 39.6 Å². The average molecular weight is 495 g/mol. The molecule has 0 heterocycles. The van der Waals surface area contributed by atoms with E-state index in [0.29, 0.717) is 74.1 Å². The molecule has 2 aromatic rings. The Kier molecular flexibility index (Phi) is 11.3. The van der Waals surface area contributed by atoms with Crippen LogP contribution in [0.25, 0.3) is 0 Å². The zero-order valence-electron chi connectivity index (χ0n) is 20.7. The first-order valence-electron chi connectivity index (χ1n) is 11.5. The molecule has 2 rings (SSSR count). The molecule has 0 aliphatic rings. The molecular weight excluding hydrogens is 460 g/mol. The van der Waals surface area contributed by atoms with Crippen LogP contribution in [0.3, 0.4) is 0 Å². The lowest BCUT2D eigenvalue weighted by Crippen LogP contribution is -2.20. The van der Waals surface area contributed by atoms with Gasteiger partial charge < -0.3 is 37.3 Å². The summed E-state index contributed by atoms with van der Waals surface area (Å²) >= 11 is 0. The average Bonchev–Trinajstić information content (AvgIpc) is 2.81. The van der Waals surface area contributed by atoms with Crippen LogP contribution >= 0.6 is 0 Å². The predicted octanol–water partition coefficient (Wildman–Crippen LogP) is 4.95. The fourth-order valence-electron chi connectivity index (χ4n) is 3.08. The summed E-state index contributed by atoms with van der Waals surface area (Å²) < 4.78 is 58.5. The molecule has 0 N–H and O–H groups in total. The molecule has 0 saturated heterocycles. The Morgan fingerprint density at radius 3 is 1.03 bits per heavy atom. The van der Waals surface area contributed by atoms with Crippen LogP contribution in [-0.4, -0.2) is 48.8 Å². The molecule has 0 radical (unpaired) electrons. The third-order valence-corrected chi connectivity index (χ3v) is 4.99. The van der Waals surface area contributed by atoms with Crippen LogP contribution in [0.1, 0.15) is 41.5 Å². The molecule has 0 unspecified atom stereocenters. The van der Waals surface area contributed by atoms with Gasteiger partial charge in [-0.2, -0.15) is 0 Å². The minimum Gasteiger partial charge on any atom is -0.490 e. The number of hydrogen-bond acceptors (Lipinski definition) is 9. The van der Waals surface area contributed by atoms with E-state index in [-0.39, 0.29) is 11.5 Å². The van der Waals surface area contributed by atoms with Gasteiger partial charge in [0, 0.05) is 0 Å². The lowest BCUT2D eigenvalue weighted by atomic mass is 10.2. The summed E-state index contributed by atoms with van der Waals surface area (Å²) in [5, 5.41) is 0. The Morgan fingerprint density at radius 1 is 0.471 bits per heavy atom. The highest BCUT2D eigenvalue weighted by Crippen LogP contribution is 2.46. The van der Waals surface area contributed by atoms with Crippen molar-refractivity contribution in [3.63, 3.8) is 0 Å². The van der Waals surface area contributed by atoms with Crippen LogP contribution in [0.5, 0.6) is 46.0 Å². The highest BCUT2D eigenvalue weighted by molar-refractivity contribution is 6.28. The molecule has 0 aliphatic carbocycles. The molecule has 0 spiro atoms. The summed E-state index contributed by atoms with van der Waals surface area (Å²) in [5.74, 6) is 2.80. The Labute approximate surface area is 202 Å². The molecule has 188 valence electrons. The third-order valence-electron chi connectivity index (χ3n) is 4.22. The van der Waals surface area contributed by atoms with Crippen molar-refractivity contribution < 1.29 is 41.7 Å². The van der Waals surface area contributed by atoms with Gasteiger partial charge in [0.15, 0.2) is 23.0 Å². The zero-order chi connectivity index (χ0) is 24.9. The molecule has 0 bridgehead atoms. The molecule has 0 aromatic heterocycles. The second kappa shape index (κ2) is 14.2. The van der Waals surface area contributed by atoms with Crippen molar-refractivity contribution in [3.05, 3.63) is 24.3 Å². The highest BCUT2D eigenvalue weighted by Gasteiger charge is 2.26. The molecule has 0 aliphatic heterocycles. The molecule has 34 heavy (non-hydrogen) atoms. The van der Waals surface area contributed by atoms with Crippen LogP contribution in [-0.2, 0) is 4.46 Å². The van der Waals surface area contributed by atoms with Gasteiger partial charge in [-0.3, -0.25) is 4.46 Å². The first-order valence-corrected chi connectivity index (χ1v) is 12.8. The van der Waals surface area contributed by atoms with Crippen molar-refractivity contribution in [2.45, 2.75) is 41.5 Å². The van der Waals surface area contributed by atoms with Gasteiger partial charge in [-0.25, -0.2) is 0 Å². The monoisotopic (exact) mass is 494 g/mol. The van der Waals surface area contributed by atoms with Crippen molar-refractivity contribution in [1.29, 1.82) is 0 Å². The van der Waals surface area contributed by atoms with E-state index >= 15 is 0 Å². The fraction of sp³-hybridized carbons (Fsp3) is 0.500. The van der Waals surface area contributed by atoms with E-state index < -0.39 is 9.17 Å². The molecule has 0 saturated carbocycles. The summed E-state index contributed by atoms with van der Waals surface area (Å²) in [4.78, 5) is 0. The van der Waals surface area contributed by atoms with Crippen molar-refractivity contribution in [1.82, 2.24) is 0 Å². The molecule has 0 amide bonds. The number of ether oxygens (including phenoxy) is 6. The van der Waals surface area contributed by atoms with Gasteiger partial charge in [0.1, 0.15) is 0 Å². The maximum absolute atomic E-state index is 12.9. The Morgan fingerprint density at radius 2 is 0.735 bits per heavy atom.